The summed E-state index contributed by atoms with van der Waals surface area (Å²) in [7, 11) is 0. The van der Waals surface area contributed by atoms with Crippen LogP contribution >= 0.6 is 11.8 Å². The van der Waals surface area contributed by atoms with Gasteiger partial charge in [-0.1, -0.05) is 23.6 Å². The highest BCUT2D eigenvalue weighted by molar-refractivity contribution is 8.13. The Morgan fingerprint density at radius 2 is 2.17 bits per heavy atom. The van der Waals surface area contributed by atoms with Gasteiger partial charge in [-0.2, -0.15) is 13.2 Å². The Labute approximate surface area is 107 Å². The Balaban J connectivity index is 2.63. The summed E-state index contributed by atoms with van der Waals surface area (Å²) < 4.78 is 37.1. The molecule has 1 aromatic heterocycles. The molecule has 1 heterocycles. The second kappa shape index (κ2) is 6.45. The minimum Gasteiger partial charge on any atom is -0.288 e. The Morgan fingerprint density at radius 1 is 1.44 bits per heavy atom. The SMILES string of the molecule is CC(=O)SCCC#Cc1cncc(C(F)(F)F)c1. The van der Waals surface area contributed by atoms with E-state index in [1.165, 1.54) is 13.1 Å². The van der Waals surface area contributed by atoms with Gasteiger partial charge in [-0.05, 0) is 6.07 Å². The van der Waals surface area contributed by atoms with Crippen molar-refractivity contribution < 1.29 is 18.0 Å². The van der Waals surface area contributed by atoms with E-state index >= 15 is 0 Å². The van der Waals surface area contributed by atoms with Gasteiger partial charge in [0.2, 0.25) is 0 Å². The lowest BCUT2D eigenvalue weighted by atomic mass is 10.2. The van der Waals surface area contributed by atoms with Crippen LogP contribution in [0.3, 0.4) is 0 Å². The molecule has 0 bridgehead atoms. The summed E-state index contributed by atoms with van der Waals surface area (Å²) in [5.41, 5.74) is -0.593. The van der Waals surface area contributed by atoms with Gasteiger partial charge in [0.15, 0.2) is 5.12 Å². The molecule has 0 aliphatic heterocycles. The van der Waals surface area contributed by atoms with Crippen molar-refractivity contribution in [2.45, 2.75) is 19.5 Å². The summed E-state index contributed by atoms with van der Waals surface area (Å²) >= 11 is 1.14. The Hall–Kier alpha value is -1.48. The first kappa shape index (κ1) is 14.6. The van der Waals surface area contributed by atoms with Crippen LogP contribution in [0, 0.1) is 11.8 Å². The minimum atomic E-state index is -4.41. The molecule has 2 nitrogen and oxygen atoms in total. The van der Waals surface area contributed by atoms with Crippen LogP contribution in [0.1, 0.15) is 24.5 Å². The first-order valence-electron chi connectivity index (χ1n) is 5.04. The van der Waals surface area contributed by atoms with Gasteiger partial charge < -0.3 is 0 Å². The third kappa shape index (κ3) is 5.23. The summed E-state index contributed by atoms with van der Waals surface area (Å²) in [6, 6.07) is 0.956. The van der Waals surface area contributed by atoms with Gasteiger partial charge in [0.05, 0.1) is 5.56 Å². The topological polar surface area (TPSA) is 30.0 Å². The van der Waals surface area contributed by atoms with Gasteiger partial charge in [-0.25, -0.2) is 0 Å². The Kier molecular flexibility index (Phi) is 5.23. The highest BCUT2D eigenvalue weighted by Crippen LogP contribution is 2.28. The van der Waals surface area contributed by atoms with Crippen LogP contribution in [0.15, 0.2) is 18.5 Å². The van der Waals surface area contributed by atoms with Crippen LogP contribution in [-0.4, -0.2) is 15.9 Å². The quantitative estimate of drug-likeness (QED) is 0.612. The van der Waals surface area contributed by atoms with Gasteiger partial charge in [0, 0.05) is 37.1 Å². The van der Waals surface area contributed by atoms with Crippen molar-refractivity contribution in [3.8, 4) is 11.8 Å². The van der Waals surface area contributed by atoms with Crippen LogP contribution in [0.4, 0.5) is 13.2 Å². The molecule has 0 unspecified atom stereocenters. The summed E-state index contributed by atoms with van der Waals surface area (Å²) in [4.78, 5) is 14.1. The molecule has 6 heteroatoms. The maximum atomic E-state index is 12.4. The maximum Gasteiger partial charge on any atom is 0.417 e. The number of rotatable bonds is 2. The fourth-order valence-electron chi connectivity index (χ4n) is 1.07. The molecule has 0 saturated carbocycles. The predicted molar refractivity (Wildman–Crippen MR) is 63.9 cm³/mol. The lowest BCUT2D eigenvalue weighted by Gasteiger charge is -2.05. The normalized spacial score (nSPS) is 10.7. The van der Waals surface area contributed by atoms with Gasteiger partial charge in [-0.3, -0.25) is 9.78 Å². The molecule has 0 spiro atoms. The second-order valence-electron chi connectivity index (χ2n) is 3.35. The molecule has 0 atom stereocenters. The first-order valence-corrected chi connectivity index (χ1v) is 6.02. The highest BCUT2D eigenvalue weighted by Gasteiger charge is 2.30. The summed E-state index contributed by atoms with van der Waals surface area (Å²) in [5.74, 6) is 5.84. The van der Waals surface area contributed by atoms with E-state index in [1.54, 1.807) is 0 Å². The van der Waals surface area contributed by atoms with Crippen LogP contribution in [0.25, 0.3) is 0 Å². The van der Waals surface area contributed by atoms with Crippen molar-refractivity contribution in [2.75, 3.05) is 5.75 Å². The molecular formula is C12H10F3NOS. The van der Waals surface area contributed by atoms with Crippen LogP contribution in [-0.2, 0) is 11.0 Å². The molecule has 0 amide bonds. The zero-order chi connectivity index (χ0) is 13.6. The van der Waals surface area contributed by atoms with Gasteiger partial charge in [-0.15, -0.1) is 0 Å². The lowest BCUT2D eigenvalue weighted by molar-refractivity contribution is -0.137. The number of hydrogen-bond donors (Lipinski definition) is 0. The van der Waals surface area contributed by atoms with E-state index in [0.717, 1.165) is 24.0 Å². The van der Waals surface area contributed by atoms with Crippen LogP contribution < -0.4 is 0 Å². The van der Waals surface area contributed by atoms with Crippen molar-refractivity contribution in [2.24, 2.45) is 0 Å². The Morgan fingerprint density at radius 3 is 2.78 bits per heavy atom. The third-order valence-electron chi connectivity index (χ3n) is 1.83. The highest BCUT2D eigenvalue weighted by atomic mass is 32.2. The minimum absolute atomic E-state index is 0.00228. The molecule has 0 fully saturated rings. The van der Waals surface area contributed by atoms with E-state index in [9.17, 15) is 18.0 Å². The molecule has 1 aromatic rings. The molecule has 96 valence electrons. The molecule has 0 radical (unpaired) electrons. The maximum absolute atomic E-state index is 12.4. The molecule has 0 N–H and O–H groups in total. The molecule has 0 aliphatic carbocycles. The number of nitrogens with zero attached hydrogens (tertiary/aromatic N) is 1. The molecule has 1 rings (SSSR count). The van der Waals surface area contributed by atoms with E-state index < -0.39 is 11.7 Å². The standard InChI is InChI=1S/C12H10F3NOS/c1-9(17)18-5-3-2-4-10-6-11(8-16-7-10)12(13,14)15/h6-8H,3,5H2,1H3. The van der Waals surface area contributed by atoms with E-state index in [4.69, 9.17) is 0 Å². The van der Waals surface area contributed by atoms with Crippen molar-refractivity contribution >= 4 is 16.9 Å². The summed E-state index contributed by atoms with van der Waals surface area (Å²) in [6.45, 7) is 1.45. The molecule has 0 aromatic carbocycles. The number of alkyl halides is 3. The van der Waals surface area contributed by atoms with E-state index in [2.05, 4.69) is 16.8 Å². The van der Waals surface area contributed by atoms with E-state index in [0.29, 0.717) is 12.2 Å². The number of aromatic nitrogens is 1. The molecule has 0 saturated heterocycles. The zero-order valence-electron chi connectivity index (χ0n) is 9.54. The summed E-state index contributed by atoms with van der Waals surface area (Å²) in [5, 5.41) is -0.00228. The van der Waals surface area contributed by atoms with Crippen molar-refractivity contribution in [1.29, 1.82) is 0 Å². The second-order valence-corrected chi connectivity index (χ2v) is 4.62. The number of carbonyl (C=O) groups is 1. The smallest absolute Gasteiger partial charge is 0.288 e. The Bertz CT molecular complexity index is 488. The van der Waals surface area contributed by atoms with Gasteiger partial charge in [0.25, 0.3) is 0 Å². The number of carbonyl (C=O) groups excluding carboxylic acids is 1. The van der Waals surface area contributed by atoms with Crippen molar-refractivity contribution in [3.05, 3.63) is 29.6 Å². The average molecular weight is 273 g/mol. The molecule has 0 aliphatic rings. The van der Waals surface area contributed by atoms with Crippen LogP contribution in [0.5, 0.6) is 0 Å². The third-order valence-corrected chi connectivity index (χ3v) is 2.65. The fraction of sp³-hybridized carbons (Fsp3) is 0.333. The largest absolute Gasteiger partial charge is 0.417 e. The number of halogens is 3. The average Bonchev–Trinajstić information content (AvgIpc) is 2.27. The van der Waals surface area contributed by atoms with Crippen molar-refractivity contribution in [3.63, 3.8) is 0 Å². The molecule has 18 heavy (non-hydrogen) atoms. The van der Waals surface area contributed by atoms with E-state index in [-0.39, 0.29) is 10.7 Å². The zero-order valence-corrected chi connectivity index (χ0v) is 10.4. The van der Waals surface area contributed by atoms with Crippen molar-refractivity contribution in [1.82, 2.24) is 4.98 Å². The number of pyridine rings is 1. The first-order chi connectivity index (χ1) is 8.39. The summed E-state index contributed by atoms with van der Waals surface area (Å²) in [6.07, 6.45) is -1.92. The van der Waals surface area contributed by atoms with E-state index in [1.807, 2.05) is 0 Å². The molecular weight excluding hydrogens is 263 g/mol. The number of hydrogen-bond acceptors (Lipinski definition) is 3. The van der Waals surface area contributed by atoms with Crippen LogP contribution in [0.2, 0.25) is 0 Å². The van der Waals surface area contributed by atoms with Gasteiger partial charge >= 0.3 is 6.18 Å². The lowest BCUT2D eigenvalue weighted by Crippen LogP contribution is -2.05. The van der Waals surface area contributed by atoms with Gasteiger partial charge in [0.1, 0.15) is 0 Å². The number of thioether (sulfide) groups is 1. The fourth-order valence-corrected chi connectivity index (χ4v) is 1.57. The predicted octanol–water partition coefficient (Wildman–Crippen LogP) is 3.12. The monoisotopic (exact) mass is 273 g/mol.